The molecule has 9 N–H and O–H groups in total. The molecule has 2 atom stereocenters. The maximum atomic E-state index is 14.7. The number of H-pyrrole nitrogens is 4. The molecule has 12 aromatic heterocycles. The lowest BCUT2D eigenvalue weighted by Crippen LogP contribution is -2.55. The maximum Gasteiger partial charge on any atom is 0.405 e. The van der Waals surface area contributed by atoms with Gasteiger partial charge < -0.3 is 66.0 Å². The zero-order chi connectivity index (χ0) is 87.2. The summed E-state index contributed by atoms with van der Waals surface area (Å²) >= 11 is 18.0. The van der Waals surface area contributed by atoms with Gasteiger partial charge in [0.25, 0.3) is 0 Å². The molecule has 1 aliphatic rings. The number of anilines is 4. The van der Waals surface area contributed by atoms with Crippen LogP contribution in [-0.2, 0) is 23.9 Å². The van der Waals surface area contributed by atoms with Crippen LogP contribution in [0.15, 0.2) is 111 Å². The number of rotatable bonds is 20. The number of aromatic nitrogens is 16. The molecule has 12 aromatic rings. The van der Waals surface area contributed by atoms with Gasteiger partial charge in [0.05, 0.1) is 39.8 Å². The molecule has 119 heavy (non-hydrogen) atoms. The first-order valence-corrected chi connectivity index (χ1v) is 35.9. The van der Waals surface area contributed by atoms with Crippen LogP contribution in [-0.4, -0.2) is 211 Å². The number of nitrogens with one attached hydrogen (secondary N) is 9. The smallest absolute Gasteiger partial charge is 0.380 e. The van der Waals surface area contributed by atoms with Crippen LogP contribution >= 0.6 is 34.8 Å². The molecule has 1 aliphatic heterocycles. The largest absolute Gasteiger partial charge is 0.405 e. The molecule has 0 spiro atoms. The number of amides is 4. The summed E-state index contributed by atoms with van der Waals surface area (Å²) in [5, 5.41) is 13.8. The molecule has 29 nitrogen and oxygen atoms in total. The van der Waals surface area contributed by atoms with E-state index in [1.807, 2.05) is 16.0 Å². The van der Waals surface area contributed by atoms with Crippen molar-refractivity contribution in [3.8, 4) is 45.6 Å². The molecule has 1 fully saturated rings. The fourth-order valence-corrected chi connectivity index (χ4v) is 11.9. The van der Waals surface area contributed by atoms with E-state index in [0.717, 1.165) is 28.9 Å². The Labute approximate surface area is 677 Å². The van der Waals surface area contributed by atoms with Crippen molar-refractivity contribution in [1.29, 1.82) is 0 Å². The minimum absolute atomic E-state index is 0.0647. The van der Waals surface area contributed by atoms with E-state index >= 15 is 0 Å². The van der Waals surface area contributed by atoms with Crippen LogP contribution in [0.5, 0.6) is 0 Å². The lowest BCUT2D eigenvalue weighted by molar-refractivity contribution is -0.140. The molecule has 632 valence electrons. The van der Waals surface area contributed by atoms with Gasteiger partial charge >= 0.3 is 24.7 Å². The van der Waals surface area contributed by atoms with Crippen molar-refractivity contribution in [2.45, 2.75) is 101 Å². The third-order valence-corrected chi connectivity index (χ3v) is 18.8. The summed E-state index contributed by atoms with van der Waals surface area (Å²) in [6, 6.07) is 8.24. The van der Waals surface area contributed by atoms with E-state index in [0.29, 0.717) is 87.7 Å². The number of methoxy groups -OCH3 is 1. The molecule has 0 aromatic carbocycles. The number of hydrogen-bond acceptors (Lipinski definition) is 21. The molecule has 13 heterocycles. The highest BCUT2D eigenvalue weighted by Gasteiger charge is 2.43. The van der Waals surface area contributed by atoms with E-state index in [-0.39, 0.29) is 47.9 Å². The van der Waals surface area contributed by atoms with Gasteiger partial charge in [-0.1, -0.05) is 34.8 Å². The minimum Gasteiger partial charge on any atom is -0.380 e. The number of halogens is 18. The van der Waals surface area contributed by atoms with Crippen LogP contribution in [0.2, 0.25) is 15.1 Å². The van der Waals surface area contributed by atoms with Crippen LogP contribution in [0.25, 0.3) is 89.7 Å². The highest BCUT2D eigenvalue weighted by Crippen LogP contribution is 2.37. The van der Waals surface area contributed by atoms with Gasteiger partial charge in [-0.25, -0.2) is 73.0 Å². The Hall–Kier alpha value is -12.1. The number of aromatic amines is 4. The first-order valence-electron chi connectivity index (χ1n) is 34.8. The number of ether oxygens (including phenoxy) is 1. The van der Waals surface area contributed by atoms with Gasteiger partial charge in [0.2, 0.25) is 23.6 Å². The number of alkyl halides is 12. The zero-order valence-electron chi connectivity index (χ0n) is 63.3. The van der Waals surface area contributed by atoms with Crippen LogP contribution in [0, 0.1) is 17.5 Å². The van der Waals surface area contributed by atoms with Crippen LogP contribution in [0.3, 0.4) is 0 Å². The molecule has 1 saturated heterocycles. The second-order valence-electron chi connectivity index (χ2n) is 27.7. The van der Waals surface area contributed by atoms with Crippen molar-refractivity contribution in [2.75, 3.05) is 73.9 Å². The monoisotopic (exact) mass is 1740 g/mol. The number of carbonyl (C=O) groups is 4. The fourth-order valence-electron chi connectivity index (χ4n) is 11.5. The maximum absolute atomic E-state index is 14.7. The van der Waals surface area contributed by atoms with Crippen molar-refractivity contribution in [3.05, 3.63) is 143 Å². The SMILES string of the molecule is CC(C)(Nc1ccnc(-c2c[nH]c3ncc(F)cc23)n1)C(=O)NCC(F)(F)F.CN(c1ccnc(-c2c[nH]c3ncc(Cl)cc23)n1)C(C)(C)C(=O)NCC(F)(F)F.CN(c1nc(-c2c[nH]c3ncc(Cl)cc23)ncc1F)C(C)(C)C(=O)NCC(F)(F)F.CO[C@@H]1C[C@H](C(=O)NCC(F)(F)F)N(c2nc(-c3c[nH]c4ncc(Cl)cc34)ncc2F)C1. The highest BCUT2D eigenvalue weighted by molar-refractivity contribution is 6.32. The number of fused-ring (bicyclic) bond motifs is 4. The summed E-state index contributed by atoms with van der Waals surface area (Å²) < 4.78 is 197. The molecular weight excluding hydrogens is 1670 g/mol. The summed E-state index contributed by atoms with van der Waals surface area (Å²) in [5.41, 5.74) is 0.0346. The molecule has 0 aliphatic carbocycles. The van der Waals surface area contributed by atoms with E-state index in [9.17, 15) is 85.0 Å². The summed E-state index contributed by atoms with van der Waals surface area (Å²) in [7, 11) is 4.34. The molecule has 0 bridgehead atoms. The van der Waals surface area contributed by atoms with Gasteiger partial charge in [-0.05, 0) is 77.9 Å². The van der Waals surface area contributed by atoms with E-state index < -0.39 is 121 Å². The van der Waals surface area contributed by atoms with E-state index in [2.05, 4.69) is 85.1 Å². The van der Waals surface area contributed by atoms with E-state index in [1.165, 1.54) is 109 Å². The van der Waals surface area contributed by atoms with Gasteiger partial charge in [0, 0.05) is 134 Å². The summed E-state index contributed by atoms with van der Waals surface area (Å²) in [6.07, 6.45) is -1.85. The van der Waals surface area contributed by atoms with E-state index in [4.69, 9.17) is 39.5 Å². The normalized spacial score (nSPS) is 14.1. The average molecular weight is 1740 g/mol. The molecule has 0 unspecified atom stereocenters. The van der Waals surface area contributed by atoms with Crippen molar-refractivity contribution >= 4 is 126 Å². The number of hydrogen-bond donors (Lipinski definition) is 9. The molecule has 13 rings (SSSR count). The number of pyridine rings is 4. The van der Waals surface area contributed by atoms with Crippen LogP contribution in [0.4, 0.5) is 89.1 Å². The fraction of sp³-hybridized carbons (Fsp3) is 0.333. The average Bonchev–Trinajstić information content (AvgIpc) is 1.72. The predicted molar refractivity (Wildman–Crippen MR) is 409 cm³/mol. The van der Waals surface area contributed by atoms with Gasteiger partial charge in [-0.2, -0.15) is 52.7 Å². The first kappa shape index (κ1) is 89.3. The standard InChI is InChI=1S/C19H17ClF4N6O2.C18H17ClF4N6O.C18H18ClF3N6O.C17H16F4N6O/c1-32-10-3-14(18(31)28-8-19(22,23)24)30(7-10)17-13(21)6-27-16(29-17)12-5-26-15-11(12)2-9(20)4-25-15;1-17(2,16(30)27-8-18(21,22)23)29(3)15-12(20)7-26-14(28-15)11-6-25-13-10(11)4-9(19)5-24-13;1-17(2,16(29)26-9-18(20,21)22)28(3)13-4-5-23-15(27-13)12-8-25-14-11(12)6-10(19)7-24-14;1-16(2,15(28)25-8-17(19,20)21)27-12-3-4-22-14(26-12)11-7-24-13-10(11)5-9(18)6-23-13/h2,4-6,10,14H,3,7-8H2,1H3,(H,25,26)(H,28,31);4-7H,8H2,1-3H3,(H,24,25)(H,27,30);4-8H,9H2,1-3H3,(H,24,25)(H,26,29);3-7H,8H2,1-2H3,(H,23,24)(H,25,28)(H,22,26,27)/t10-,14-;;;/m1.../s1. The lowest BCUT2D eigenvalue weighted by Gasteiger charge is -2.35. The Balaban J connectivity index is 0.000000167. The Morgan fingerprint density at radius 1 is 0.487 bits per heavy atom. The van der Waals surface area contributed by atoms with E-state index in [1.54, 1.807) is 61.4 Å². The second-order valence-corrected chi connectivity index (χ2v) is 29.0. The highest BCUT2D eigenvalue weighted by atomic mass is 35.5. The van der Waals surface area contributed by atoms with Gasteiger partial charge in [0.1, 0.15) is 88.9 Å². The third-order valence-electron chi connectivity index (χ3n) is 18.1. The molecule has 0 radical (unpaired) electrons. The quantitative estimate of drug-likeness (QED) is 0.0320. The number of nitrogens with zero attached hydrogens (tertiary/aromatic N) is 15. The van der Waals surface area contributed by atoms with Crippen LogP contribution < -0.4 is 41.3 Å². The Morgan fingerprint density at radius 3 is 1.34 bits per heavy atom. The molecular formula is C72H68Cl3F15N24O5. The van der Waals surface area contributed by atoms with Gasteiger partial charge in [-0.3, -0.25) is 19.2 Å². The first-order chi connectivity index (χ1) is 55.6. The summed E-state index contributed by atoms with van der Waals surface area (Å²) in [4.78, 5) is 115. The molecule has 4 amide bonds. The predicted octanol–water partition coefficient (Wildman–Crippen LogP) is 13.4. The molecule has 0 saturated carbocycles. The van der Waals surface area contributed by atoms with Crippen molar-refractivity contribution in [3.63, 3.8) is 0 Å². The Kier molecular flexibility index (Phi) is 26.7. The lowest BCUT2D eigenvalue weighted by atomic mass is 10.0. The zero-order valence-corrected chi connectivity index (χ0v) is 65.6. The summed E-state index contributed by atoms with van der Waals surface area (Å²) in [5.74, 6) is -4.68. The summed E-state index contributed by atoms with van der Waals surface area (Å²) in [6.45, 7) is 2.82. The second kappa shape index (κ2) is 35.6. The third kappa shape index (κ3) is 22.2. The van der Waals surface area contributed by atoms with Crippen molar-refractivity contribution < 1.29 is 89.8 Å². The van der Waals surface area contributed by atoms with Crippen LogP contribution in [0.1, 0.15) is 48.0 Å². The van der Waals surface area contributed by atoms with Crippen molar-refractivity contribution in [1.82, 2.24) is 101 Å². The topological polar surface area (TPSA) is 365 Å². The Morgan fingerprint density at radius 2 is 0.882 bits per heavy atom. The van der Waals surface area contributed by atoms with Gasteiger partial charge in [0.15, 0.2) is 46.6 Å². The number of likely N-dealkylation sites (N-methyl/N-ethyl adjacent to an activating group) is 2. The Bertz CT molecular complexity index is 5690. The minimum atomic E-state index is -4.57. The van der Waals surface area contributed by atoms with Gasteiger partial charge in [-0.15, -0.1) is 0 Å². The van der Waals surface area contributed by atoms with Crippen molar-refractivity contribution in [2.24, 2.45) is 0 Å². The molecule has 47 heteroatoms. The number of carbonyl (C=O) groups excluding carboxylic acids is 4.